The molecule has 1 heterocycles. The number of carbonyl (C=O) groups is 2. The summed E-state index contributed by atoms with van der Waals surface area (Å²) in [6, 6.07) is 8.98. The molecule has 0 unspecified atom stereocenters. The van der Waals surface area contributed by atoms with Crippen molar-refractivity contribution in [1.29, 1.82) is 0 Å². The van der Waals surface area contributed by atoms with Gasteiger partial charge in [-0.25, -0.2) is 4.79 Å². The third-order valence-electron chi connectivity index (χ3n) is 2.57. The van der Waals surface area contributed by atoms with E-state index in [4.69, 9.17) is 10.7 Å². The quantitative estimate of drug-likeness (QED) is 0.632. The molecule has 1 saturated heterocycles. The summed E-state index contributed by atoms with van der Waals surface area (Å²) in [6.45, 7) is 0.298. The lowest BCUT2D eigenvalue weighted by molar-refractivity contribution is -0.119. The van der Waals surface area contributed by atoms with E-state index in [-0.39, 0.29) is 5.84 Å². The van der Waals surface area contributed by atoms with Crippen LogP contribution >= 0.6 is 21.8 Å². The first-order valence-corrected chi connectivity index (χ1v) is 6.74. The molecule has 1 aliphatic rings. The number of hydrogen-bond donors (Lipinski definition) is 0. The number of nitrogens with zero attached hydrogens (tertiary/aromatic N) is 3. The van der Waals surface area contributed by atoms with Gasteiger partial charge in [-0.2, -0.15) is 4.40 Å². The molecule has 3 amide bonds. The van der Waals surface area contributed by atoms with E-state index >= 15 is 0 Å². The van der Waals surface area contributed by atoms with Gasteiger partial charge in [-0.3, -0.25) is 14.6 Å². The first-order chi connectivity index (χ1) is 8.65. The average molecular weight is 284 g/mol. The zero-order chi connectivity index (χ0) is 13.1. The fourth-order valence-corrected chi connectivity index (χ4v) is 2.09. The Morgan fingerprint density at radius 3 is 2.56 bits per heavy atom. The van der Waals surface area contributed by atoms with Crippen molar-refractivity contribution in [3.63, 3.8) is 0 Å². The van der Waals surface area contributed by atoms with Gasteiger partial charge in [0.05, 0.1) is 17.7 Å². The van der Waals surface area contributed by atoms with Crippen molar-refractivity contribution >= 4 is 39.6 Å². The number of halogens is 1. The van der Waals surface area contributed by atoms with Crippen LogP contribution in [0, 0.1) is 0 Å². The van der Waals surface area contributed by atoms with E-state index in [0.717, 1.165) is 10.5 Å². The van der Waals surface area contributed by atoms with Gasteiger partial charge in [0.15, 0.2) is 0 Å². The zero-order valence-corrected chi connectivity index (χ0v) is 11.1. The van der Waals surface area contributed by atoms with E-state index in [2.05, 4.69) is 4.40 Å². The molecular formula is C11H10ClN3O2S. The van der Waals surface area contributed by atoms with Crippen LogP contribution in [0.4, 0.5) is 4.79 Å². The monoisotopic (exact) mass is 283 g/mol. The van der Waals surface area contributed by atoms with Crippen molar-refractivity contribution in [2.24, 2.45) is 4.40 Å². The van der Waals surface area contributed by atoms with E-state index in [1.165, 1.54) is 11.9 Å². The lowest BCUT2D eigenvalue weighted by Crippen LogP contribution is -2.31. The summed E-state index contributed by atoms with van der Waals surface area (Å²) >= 11 is 0.640. The molecule has 1 aliphatic heterocycles. The normalized spacial score (nSPS) is 18.0. The van der Waals surface area contributed by atoms with Crippen molar-refractivity contribution in [1.82, 2.24) is 9.80 Å². The maximum Gasteiger partial charge on any atom is 0.332 e. The average Bonchev–Trinajstić information content (AvgIpc) is 2.58. The highest BCUT2D eigenvalue weighted by molar-refractivity contribution is 8.20. The second-order valence-electron chi connectivity index (χ2n) is 3.70. The van der Waals surface area contributed by atoms with Crippen LogP contribution < -0.4 is 0 Å². The molecule has 7 heteroatoms. The van der Waals surface area contributed by atoms with Gasteiger partial charge in [0.25, 0.3) is 5.91 Å². The number of carbonyl (C=O) groups excluding carboxylic acids is 2. The first kappa shape index (κ1) is 12.9. The van der Waals surface area contributed by atoms with Crippen LogP contribution in [0.3, 0.4) is 0 Å². The Kier molecular flexibility index (Phi) is 3.88. The van der Waals surface area contributed by atoms with Gasteiger partial charge in [0.1, 0.15) is 0 Å². The van der Waals surface area contributed by atoms with Gasteiger partial charge in [-0.15, -0.1) is 0 Å². The van der Waals surface area contributed by atoms with Crippen molar-refractivity contribution in [3.8, 4) is 0 Å². The predicted molar refractivity (Wildman–Crippen MR) is 71.0 cm³/mol. The molecule has 1 aromatic rings. The molecule has 0 spiro atoms. The van der Waals surface area contributed by atoms with Crippen LogP contribution in [0.2, 0.25) is 0 Å². The van der Waals surface area contributed by atoms with Crippen LogP contribution in [0.25, 0.3) is 0 Å². The third kappa shape index (κ3) is 2.34. The molecule has 18 heavy (non-hydrogen) atoms. The van der Waals surface area contributed by atoms with E-state index in [0.29, 0.717) is 17.7 Å². The van der Waals surface area contributed by atoms with Crippen LogP contribution in [0.1, 0.15) is 5.56 Å². The van der Waals surface area contributed by atoms with Crippen LogP contribution in [-0.4, -0.2) is 34.6 Å². The summed E-state index contributed by atoms with van der Waals surface area (Å²) in [4.78, 5) is 26.0. The molecule has 2 rings (SSSR count). The lowest BCUT2D eigenvalue weighted by Gasteiger charge is -2.14. The second kappa shape index (κ2) is 5.41. The fourth-order valence-electron chi connectivity index (χ4n) is 1.65. The van der Waals surface area contributed by atoms with Crippen LogP contribution in [-0.2, 0) is 11.3 Å². The molecule has 0 aromatic heterocycles. The molecule has 0 radical (unpaired) electrons. The predicted octanol–water partition coefficient (Wildman–Crippen LogP) is 2.28. The number of likely N-dealkylation sites (N-methyl/N-ethyl adjacent to an activating group) is 1. The summed E-state index contributed by atoms with van der Waals surface area (Å²) in [5.74, 6) is -0.379. The topological polar surface area (TPSA) is 53.0 Å². The maximum absolute atomic E-state index is 11.9. The van der Waals surface area contributed by atoms with E-state index in [1.807, 2.05) is 30.3 Å². The number of urea groups is 1. The number of amidine groups is 1. The van der Waals surface area contributed by atoms with Gasteiger partial charge in [-0.05, 0) is 16.2 Å². The van der Waals surface area contributed by atoms with E-state index in [1.54, 1.807) is 0 Å². The SMILES string of the molecule is CN1C(=O)/C(=N/SCl)N(Cc2ccccc2)C1=O. The summed E-state index contributed by atoms with van der Waals surface area (Å²) in [5, 5.41) is 0. The van der Waals surface area contributed by atoms with Crippen molar-refractivity contribution in [2.75, 3.05) is 7.05 Å². The number of imide groups is 1. The Hall–Kier alpha value is -1.53. The van der Waals surface area contributed by atoms with Gasteiger partial charge < -0.3 is 0 Å². The highest BCUT2D eigenvalue weighted by Crippen LogP contribution is 2.19. The standard InChI is InChI=1S/C11H10ClN3O2S/c1-14-10(16)9(13-18-12)15(11(14)17)7-8-5-3-2-4-6-8/h2-6H,7H2,1H3/b13-9-. The molecule has 1 fully saturated rings. The summed E-state index contributed by atoms with van der Waals surface area (Å²) in [7, 11) is 6.85. The zero-order valence-electron chi connectivity index (χ0n) is 9.54. The number of hydrogen-bond acceptors (Lipinski definition) is 4. The van der Waals surface area contributed by atoms with Crippen LogP contribution in [0.5, 0.6) is 0 Å². The second-order valence-corrected chi connectivity index (χ2v) is 4.44. The minimum atomic E-state index is -0.441. The summed E-state index contributed by atoms with van der Waals surface area (Å²) in [6.07, 6.45) is 0. The summed E-state index contributed by atoms with van der Waals surface area (Å²) in [5.41, 5.74) is 0.918. The molecule has 0 N–H and O–H groups in total. The first-order valence-electron chi connectivity index (χ1n) is 5.14. The van der Waals surface area contributed by atoms with Crippen molar-refractivity contribution < 1.29 is 9.59 Å². The number of rotatable bonds is 3. The minimum Gasteiger partial charge on any atom is -0.268 e. The Morgan fingerprint density at radius 2 is 1.94 bits per heavy atom. The molecule has 5 nitrogen and oxygen atoms in total. The minimum absolute atomic E-state index is 0.0614. The fraction of sp³-hybridized carbons (Fsp3) is 0.182. The van der Waals surface area contributed by atoms with Crippen molar-refractivity contribution in [3.05, 3.63) is 35.9 Å². The molecule has 0 atom stereocenters. The highest BCUT2D eigenvalue weighted by Gasteiger charge is 2.40. The van der Waals surface area contributed by atoms with Gasteiger partial charge in [0.2, 0.25) is 5.84 Å². The number of benzene rings is 1. The van der Waals surface area contributed by atoms with E-state index < -0.39 is 11.9 Å². The molecule has 94 valence electrons. The van der Waals surface area contributed by atoms with Crippen LogP contribution in [0.15, 0.2) is 34.7 Å². The molecule has 0 aliphatic carbocycles. The molecule has 0 bridgehead atoms. The van der Waals surface area contributed by atoms with Gasteiger partial charge >= 0.3 is 6.03 Å². The molecular weight excluding hydrogens is 274 g/mol. The smallest absolute Gasteiger partial charge is 0.268 e. The Balaban J connectivity index is 2.27. The third-order valence-corrected chi connectivity index (χ3v) is 3.02. The van der Waals surface area contributed by atoms with Gasteiger partial charge in [0, 0.05) is 7.05 Å². The molecule has 0 saturated carbocycles. The number of amides is 3. The van der Waals surface area contributed by atoms with Crippen molar-refractivity contribution in [2.45, 2.75) is 6.54 Å². The van der Waals surface area contributed by atoms with E-state index in [9.17, 15) is 9.59 Å². The Morgan fingerprint density at radius 1 is 1.28 bits per heavy atom. The molecule has 1 aromatic carbocycles. The highest BCUT2D eigenvalue weighted by atomic mass is 35.7. The Bertz CT molecular complexity index is 506. The Labute approximate surface area is 113 Å². The lowest BCUT2D eigenvalue weighted by atomic mass is 10.2. The maximum atomic E-state index is 11.9. The largest absolute Gasteiger partial charge is 0.332 e. The summed E-state index contributed by atoms with van der Waals surface area (Å²) < 4.78 is 3.80. The van der Waals surface area contributed by atoms with Gasteiger partial charge in [-0.1, -0.05) is 30.3 Å².